The molecule has 1 aromatic heterocycles. The number of para-hydroxylation sites is 1. The Balaban J connectivity index is 1.86. The number of carbonyl (C=O) groups excluding carboxylic acids is 1. The first-order valence-electron chi connectivity index (χ1n) is 11.0. The zero-order valence-electron chi connectivity index (χ0n) is 19.9. The van der Waals surface area contributed by atoms with Gasteiger partial charge in [-0.15, -0.1) is 22.8 Å². The molecule has 3 aromatic rings. The minimum atomic E-state index is -2.02. The number of amides is 1. The minimum absolute atomic E-state index is 0.00744. The van der Waals surface area contributed by atoms with E-state index in [1.54, 1.807) is 10.9 Å². The Morgan fingerprint density at radius 1 is 1.18 bits per heavy atom. The Morgan fingerprint density at radius 3 is 2.45 bits per heavy atom. The highest BCUT2D eigenvalue weighted by Gasteiger charge is 2.45. The molecule has 0 aliphatic carbocycles. The fraction of sp³-hybridized carbons (Fsp3) is 0.375. The average molecular weight is 484 g/mol. The van der Waals surface area contributed by atoms with Crippen LogP contribution in [0.5, 0.6) is 0 Å². The van der Waals surface area contributed by atoms with Crippen molar-refractivity contribution in [3.05, 3.63) is 60.9 Å². The number of aliphatic hydroxyl groups is 1. The topological polar surface area (TPSA) is 83.3 Å². The quantitative estimate of drug-likeness (QED) is 0.327. The lowest BCUT2D eigenvalue weighted by molar-refractivity contribution is -0.115. The number of benzene rings is 2. The molecule has 3 rings (SSSR count). The maximum absolute atomic E-state index is 13.2. The molecule has 0 radical (unpaired) electrons. The molecule has 1 atom stereocenters. The summed E-state index contributed by atoms with van der Waals surface area (Å²) in [6, 6.07) is 17.3. The molecule has 0 spiro atoms. The molecule has 0 saturated carbocycles. The molecule has 9 heteroatoms. The monoisotopic (exact) mass is 483 g/mol. The zero-order valence-corrected chi connectivity index (χ0v) is 21.8. The van der Waals surface area contributed by atoms with E-state index in [-0.39, 0.29) is 29.8 Å². The van der Waals surface area contributed by atoms with Crippen LogP contribution in [0, 0.1) is 0 Å². The van der Waals surface area contributed by atoms with E-state index >= 15 is 0 Å². The van der Waals surface area contributed by atoms with Crippen molar-refractivity contribution in [1.29, 1.82) is 0 Å². The second kappa shape index (κ2) is 10.1. The van der Waals surface area contributed by atoms with Crippen molar-refractivity contribution in [2.24, 2.45) is 0 Å². The van der Waals surface area contributed by atoms with E-state index in [0.29, 0.717) is 10.8 Å². The Bertz CT molecular complexity index is 1080. The number of hydrogen-bond donors (Lipinski definition) is 3. The molecular formula is C24H33N5O2SSi. The van der Waals surface area contributed by atoms with Gasteiger partial charge in [0, 0.05) is 17.0 Å². The summed E-state index contributed by atoms with van der Waals surface area (Å²) in [4.78, 5) is 15.3. The molecule has 33 heavy (non-hydrogen) atoms. The van der Waals surface area contributed by atoms with Gasteiger partial charge < -0.3 is 15.3 Å². The van der Waals surface area contributed by atoms with Crippen LogP contribution in [0.15, 0.2) is 66.1 Å². The van der Waals surface area contributed by atoms with Crippen molar-refractivity contribution >= 4 is 38.0 Å². The fourth-order valence-corrected chi connectivity index (χ4v) is 6.41. The van der Waals surface area contributed by atoms with Crippen LogP contribution < -0.4 is 10.2 Å². The van der Waals surface area contributed by atoms with Gasteiger partial charge in [-0.2, -0.15) is 0 Å². The summed E-state index contributed by atoms with van der Waals surface area (Å²) in [6.45, 7) is 11.3. The second-order valence-electron chi connectivity index (χ2n) is 9.73. The van der Waals surface area contributed by atoms with Gasteiger partial charge >= 0.3 is 0 Å². The van der Waals surface area contributed by atoms with Crippen LogP contribution >= 0.6 is 12.6 Å². The van der Waals surface area contributed by atoms with Crippen molar-refractivity contribution in [3.63, 3.8) is 0 Å². The predicted molar refractivity (Wildman–Crippen MR) is 139 cm³/mol. The smallest absolute Gasteiger partial charge is 0.243 e. The summed E-state index contributed by atoms with van der Waals surface area (Å²) in [5, 5.41) is 21.7. The van der Waals surface area contributed by atoms with Crippen molar-refractivity contribution < 1.29 is 9.90 Å². The van der Waals surface area contributed by atoms with Crippen LogP contribution in [0.1, 0.15) is 20.8 Å². The number of thiol groups is 1. The van der Waals surface area contributed by atoms with E-state index in [2.05, 4.69) is 66.9 Å². The summed E-state index contributed by atoms with van der Waals surface area (Å²) in [5.74, 6) is -0.150. The van der Waals surface area contributed by atoms with Crippen LogP contribution in [0.25, 0.3) is 5.69 Å². The lowest BCUT2D eigenvalue weighted by Crippen LogP contribution is -2.61. The number of nitrogens with one attached hydrogen (secondary N) is 1. The van der Waals surface area contributed by atoms with Gasteiger partial charge in [0.2, 0.25) is 5.91 Å². The summed E-state index contributed by atoms with van der Waals surface area (Å²) in [7, 11) is -2.02. The summed E-state index contributed by atoms with van der Waals surface area (Å²) >= 11 is 4.31. The molecule has 0 fully saturated rings. The highest BCUT2D eigenvalue weighted by molar-refractivity contribution is 7.80. The van der Waals surface area contributed by atoms with E-state index < -0.39 is 8.07 Å². The van der Waals surface area contributed by atoms with E-state index in [4.69, 9.17) is 0 Å². The largest absolute Gasteiger partial charge is 0.395 e. The average Bonchev–Trinajstić information content (AvgIpc) is 3.19. The van der Waals surface area contributed by atoms with E-state index in [0.717, 1.165) is 11.4 Å². The van der Waals surface area contributed by atoms with E-state index in [9.17, 15) is 9.90 Å². The highest BCUT2D eigenvalue weighted by atomic mass is 32.1. The third-order valence-corrected chi connectivity index (χ3v) is 13.0. The molecule has 176 valence electrons. The van der Waals surface area contributed by atoms with Crippen LogP contribution in [-0.2, 0) is 4.79 Å². The maximum Gasteiger partial charge on any atom is 0.243 e. The van der Waals surface area contributed by atoms with Gasteiger partial charge in [0.05, 0.1) is 26.9 Å². The lowest BCUT2D eigenvalue weighted by Gasteiger charge is -2.48. The van der Waals surface area contributed by atoms with Crippen LogP contribution in [-0.4, -0.2) is 52.7 Å². The Morgan fingerprint density at radius 2 is 1.88 bits per heavy atom. The fourth-order valence-electron chi connectivity index (χ4n) is 3.72. The van der Waals surface area contributed by atoms with Crippen molar-refractivity contribution in [2.45, 2.75) is 49.7 Å². The van der Waals surface area contributed by atoms with Gasteiger partial charge in [0.1, 0.15) is 6.33 Å². The molecule has 2 N–H and O–H groups in total. The van der Waals surface area contributed by atoms with Crippen LogP contribution in [0.3, 0.4) is 0 Å². The Kier molecular flexibility index (Phi) is 7.66. The number of nitrogens with zero attached hydrogens (tertiary/aromatic N) is 4. The Labute approximate surface area is 202 Å². The molecule has 2 aromatic carbocycles. The third-order valence-electron chi connectivity index (χ3n) is 6.65. The minimum Gasteiger partial charge on any atom is -0.395 e. The van der Waals surface area contributed by atoms with Gasteiger partial charge in [-0.05, 0) is 35.4 Å². The molecule has 0 aliphatic heterocycles. The van der Waals surface area contributed by atoms with Crippen molar-refractivity contribution in [3.8, 4) is 5.69 Å². The predicted octanol–water partition coefficient (Wildman–Crippen LogP) is 4.41. The molecule has 0 aliphatic rings. The standard InChI is InChI=1S/C24H33N5O2SSi/c1-24(2,3)33(4,5)22(16-30)28(19-11-7-6-8-12-19)15-21(31)26-18-10-9-13-20(14-18)29-17-25-27-23(29)32/h6-14,17,22,30H,15-16H2,1-5H3,(H,26,31)(H,27,32). The lowest BCUT2D eigenvalue weighted by atomic mass is 10.2. The van der Waals surface area contributed by atoms with Gasteiger partial charge in [-0.25, -0.2) is 0 Å². The molecular weight excluding hydrogens is 450 g/mol. The van der Waals surface area contributed by atoms with Gasteiger partial charge in [-0.3, -0.25) is 9.36 Å². The Hall–Kier alpha value is -2.62. The number of rotatable bonds is 8. The molecule has 7 nitrogen and oxygen atoms in total. The van der Waals surface area contributed by atoms with Gasteiger partial charge in [0.15, 0.2) is 5.16 Å². The van der Waals surface area contributed by atoms with Crippen LogP contribution in [0.4, 0.5) is 11.4 Å². The molecule has 0 bridgehead atoms. The van der Waals surface area contributed by atoms with Gasteiger partial charge in [-0.1, -0.05) is 58.1 Å². The summed E-state index contributed by atoms with van der Waals surface area (Å²) < 4.78 is 1.73. The molecule has 0 saturated heterocycles. The van der Waals surface area contributed by atoms with E-state index in [1.165, 1.54) is 0 Å². The first kappa shape index (κ1) is 25.0. The second-order valence-corrected chi connectivity index (χ2v) is 15.7. The SMILES string of the molecule is CC(C)(C)[Si](C)(C)C(CO)N(CC(=O)Nc1cccc(-n2cnnc2S)c1)c1ccccc1. The first-order valence-corrected chi connectivity index (χ1v) is 14.5. The number of anilines is 2. The summed E-state index contributed by atoms with van der Waals surface area (Å²) in [6.07, 6.45) is 1.57. The summed E-state index contributed by atoms with van der Waals surface area (Å²) in [5.41, 5.74) is 2.27. The third kappa shape index (κ3) is 5.66. The van der Waals surface area contributed by atoms with Crippen molar-refractivity contribution in [1.82, 2.24) is 14.8 Å². The first-order chi connectivity index (χ1) is 15.5. The zero-order chi connectivity index (χ0) is 24.2. The van der Waals surface area contributed by atoms with Crippen LogP contribution in [0.2, 0.25) is 18.1 Å². The number of aromatic nitrogens is 3. The van der Waals surface area contributed by atoms with Crippen molar-refractivity contribution in [2.75, 3.05) is 23.4 Å². The molecule has 1 amide bonds. The van der Waals surface area contributed by atoms with E-state index in [1.807, 2.05) is 54.6 Å². The van der Waals surface area contributed by atoms with Gasteiger partial charge in [0.25, 0.3) is 0 Å². The number of hydrogen-bond acceptors (Lipinski definition) is 6. The number of aliphatic hydroxyl groups excluding tert-OH is 1. The highest BCUT2D eigenvalue weighted by Crippen LogP contribution is 2.40. The normalized spacial score (nSPS) is 12.9. The molecule has 1 unspecified atom stereocenters. The maximum atomic E-state index is 13.2. The number of carbonyl (C=O) groups is 1. The molecule has 1 heterocycles.